The van der Waals surface area contributed by atoms with E-state index in [4.69, 9.17) is 19.7 Å². The quantitative estimate of drug-likeness (QED) is 0.211. The van der Waals surface area contributed by atoms with E-state index >= 15 is 0 Å². The number of para-hydroxylation sites is 5. The first kappa shape index (κ1) is 24.5. The van der Waals surface area contributed by atoms with Crippen molar-refractivity contribution in [3.63, 3.8) is 0 Å². The molecule has 0 aliphatic rings. The van der Waals surface area contributed by atoms with Crippen LogP contribution in [-0.2, 0) is 21.1 Å². The van der Waals surface area contributed by atoms with Gasteiger partial charge in [-0.05, 0) is 53.5 Å². The molecule has 0 aliphatic carbocycles. The number of fused-ring (bicyclic) bond motifs is 12. The fourth-order valence-corrected chi connectivity index (χ4v) is 5.52. The maximum atomic E-state index is 10.3. The average molecular weight is 728 g/mol. The summed E-state index contributed by atoms with van der Waals surface area (Å²) in [6, 6.07) is 35.7. The summed E-state index contributed by atoms with van der Waals surface area (Å²) in [5.74, 6) is 3.12. The first-order valence-corrected chi connectivity index (χ1v) is 13.1. The Hall–Kier alpha value is -5.27. The summed E-state index contributed by atoms with van der Waals surface area (Å²) in [6.45, 7) is 0. The van der Waals surface area contributed by atoms with Crippen LogP contribution in [0, 0.1) is 6.07 Å². The molecule has 4 aromatic carbocycles. The van der Waals surface area contributed by atoms with Crippen LogP contribution in [0.25, 0.3) is 61.7 Å². The van der Waals surface area contributed by atoms with Gasteiger partial charge in [0.1, 0.15) is 5.75 Å². The molecule has 5 aromatic heterocycles. The second kappa shape index (κ2) is 9.12. The van der Waals surface area contributed by atoms with Gasteiger partial charge in [-0.25, -0.2) is 23.8 Å². The molecule has 5 heterocycles. The summed E-state index contributed by atoms with van der Waals surface area (Å²) in [5.41, 5.74) is 6.32. The van der Waals surface area contributed by atoms with Gasteiger partial charge >= 0.3 is 0 Å². The van der Waals surface area contributed by atoms with Gasteiger partial charge in [0.15, 0.2) is 0 Å². The van der Waals surface area contributed by atoms with E-state index in [0.717, 1.165) is 33.4 Å². The minimum Gasteiger partial charge on any atom is -0.507 e. The first-order valence-electron chi connectivity index (χ1n) is 13.1. The number of imidazole rings is 3. The van der Waals surface area contributed by atoms with Gasteiger partial charge in [0.25, 0.3) is 0 Å². The summed E-state index contributed by atoms with van der Waals surface area (Å²) in [4.78, 5) is 19.6. The zero-order valence-corrected chi connectivity index (χ0v) is 23.9. The third kappa shape index (κ3) is 3.47. The predicted octanol–water partition coefficient (Wildman–Crippen LogP) is 6.45. The number of phenols is 1. The van der Waals surface area contributed by atoms with E-state index in [2.05, 4.69) is 19.9 Å². The van der Waals surface area contributed by atoms with Gasteiger partial charge in [0.05, 0.1) is 27.8 Å². The molecule has 204 valence electrons. The second-order valence-corrected chi connectivity index (χ2v) is 9.76. The minimum absolute atomic E-state index is 0. The Bertz CT molecular complexity index is 2450. The Morgan fingerprint density at radius 3 is 1.90 bits per heavy atom. The largest absolute Gasteiger partial charge is 0.507 e. The third-order valence-electron chi connectivity index (χ3n) is 7.33. The van der Waals surface area contributed by atoms with Crippen LogP contribution < -0.4 is 4.74 Å². The molecule has 0 bridgehead atoms. The SMILES string of the molecule is Oc1ccccc1-c1cccc(Oc2[c-]c3c(cc2)nc2n3c3nc4ccccc4n3c3nc4ccccc4n23)n1.[Pt]. The van der Waals surface area contributed by atoms with Crippen molar-refractivity contribution in [3.8, 4) is 28.6 Å². The maximum absolute atomic E-state index is 10.3. The summed E-state index contributed by atoms with van der Waals surface area (Å²) in [7, 11) is 0. The number of aromatic nitrogens is 7. The molecule has 0 saturated heterocycles. The Morgan fingerprint density at radius 2 is 1.19 bits per heavy atom. The molecule has 10 heteroatoms. The second-order valence-electron chi connectivity index (χ2n) is 9.76. The number of rotatable bonds is 3. The standard InChI is InChI=1S/C32H18N7O2.Pt/c40-28-14-6-1-8-20(28)21-11-7-15-29(33-21)41-19-16-17-24-27(18-19)39-31-35-23-10-3-5-13-26(23)37(31)30-34-22-9-2-4-12-25(22)38(30)32(39)36-24;/h1-17,40H;/q-1;. The molecule has 0 unspecified atom stereocenters. The molecule has 42 heavy (non-hydrogen) atoms. The molecule has 0 aliphatic heterocycles. The van der Waals surface area contributed by atoms with E-state index in [9.17, 15) is 5.11 Å². The third-order valence-corrected chi connectivity index (χ3v) is 7.33. The monoisotopic (exact) mass is 727 g/mol. The molecule has 9 rings (SSSR count). The maximum Gasteiger partial charge on any atom is 0.225 e. The van der Waals surface area contributed by atoms with Crippen molar-refractivity contribution in [2.24, 2.45) is 0 Å². The molecule has 0 fully saturated rings. The van der Waals surface area contributed by atoms with E-state index < -0.39 is 0 Å². The van der Waals surface area contributed by atoms with Gasteiger partial charge in [-0.15, -0.1) is 18.2 Å². The molecule has 0 radical (unpaired) electrons. The van der Waals surface area contributed by atoms with Crippen LogP contribution in [0.1, 0.15) is 0 Å². The zero-order chi connectivity index (χ0) is 27.1. The van der Waals surface area contributed by atoms with E-state index in [1.807, 2.05) is 89.3 Å². The van der Waals surface area contributed by atoms with Crippen LogP contribution in [0.4, 0.5) is 0 Å². The van der Waals surface area contributed by atoms with Crippen molar-refractivity contribution in [1.82, 2.24) is 33.1 Å². The Morgan fingerprint density at radius 1 is 0.571 bits per heavy atom. The smallest absolute Gasteiger partial charge is 0.225 e. The van der Waals surface area contributed by atoms with Gasteiger partial charge in [-0.1, -0.05) is 42.5 Å². The predicted molar refractivity (Wildman–Crippen MR) is 155 cm³/mol. The average Bonchev–Trinajstić information content (AvgIpc) is 3.68. The Balaban J connectivity index is 0.00000267. The molecule has 9 aromatic rings. The van der Waals surface area contributed by atoms with Gasteiger partial charge in [0, 0.05) is 38.4 Å². The number of nitrogens with zero attached hydrogens (tertiary/aromatic N) is 7. The summed E-state index contributed by atoms with van der Waals surface area (Å²) in [6.07, 6.45) is 0. The number of ether oxygens (including phenoxy) is 1. The van der Waals surface area contributed by atoms with Gasteiger partial charge in [-0.2, -0.15) is 0 Å². The molecule has 0 spiro atoms. The van der Waals surface area contributed by atoms with Crippen LogP contribution in [-0.4, -0.2) is 38.2 Å². The van der Waals surface area contributed by atoms with E-state index in [1.54, 1.807) is 18.2 Å². The fourth-order valence-electron chi connectivity index (χ4n) is 5.52. The molecule has 0 saturated carbocycles. The molecule has 9 nitrogen and oxygen atoms in total. The van der Waals surface area contributed by atoms with Crippen molar-refractivity contribution in [2.75, 3.05) is 0 Å². The van der Waals surface area contributed by atoms with Gasteiger partial charge in [0.2, 0.25) is 23.2 Å². The van der Waals surface area contributed by atoms with Gasteiger partial charge in [-0.3, -0.25) is 9.38 Å². The fraction of sp³-hybridized carbons (Fsp3) is 0. The zero-order valence-electron chi connectivity index (χ0n) is 21.6. The molecular formula is C32H18N7O2Pt-. The van der Waals surface area contributed by atoms with E-state index in [1.165, 1.54) is 0 Å². The van der Waals surface area contributed by atoms with Gasteiger partial charge < -0.3 is 9.84 Å². The van der Waals surface area contributed by atoms with Crippen LogP contribution in [0.5, 0.6) is 17.4 Å². The van der Waals surface area contributed by atoms with Crippen molar-refractivity contribution >= 4 is 50.4 Å². The molecular weight excluding hydrogens is 709 g/mol. The van der Waals surface area contributed by atoms with Crippen LogP contribution in [0.2, 0.25) is 0 Å². The number of hydrogen-bond donors (Lipinski definition) is 1. The number of hydrogen-bond acceptors (Lipinski definition) is 6. The van der Waals surface area contributed by atoms with Crippen molar-refractivity contribution in [2.45, 2.75) is 0 Å². The topological polar surface area (TPSA) is 94.2 Å². The number of pyridine rings is 1. The van der Waals surface area contributed by atoms with E-state index in [-0.39, 0.29) is 26.8 Å². The van der Waals surface area contributed by atoms with Crippen molar-refractivity contribution < 1.29 is 30.9 Å². The van der Waals surface area contributed by atoms with Crippen LogP contribution >= 0.6 is 0 Å². The molecule has 0 atom stereocenters. The van der Waals surface area contributed by atoms with Crippen molar-refractivity contribution in [3.05, 3.63) is 109 Å². The number of aromatic hydroxyl groups is 1. The normalized spacial score (nSPS) is 11.7. The summed E-state index contributed by atoms with van der Waals surface area (Å²) >= 11 is 0. The van der Waals surface area contributed by atoms with Crippen LogP contribution in [0.15, 0.2) is 103 Å². The van der Waals surface area contributed by atoms with E-state index in [0.29, 0.717) is 40.0 Å². The number of benzene rings is 4. The molecule has 1 N–H and O–H groups in total. The van der Waals surface area contributed by atoms with Crippen LogP contribution in [0.3, 0.4) is 0 Å². The number of phenolic OH excluding ortho intramolecular Hbond substituents is 1. The summed E-state index contributed by atoms with van der Waals surface area (Å²) < 4.78 is 12.3. The molecule has 0 amide bonds. The summed E-state index contributed by atoms with van der Waals surface area (Å²) in [5, 5.41) is 10.3. The Labute approximate surface area is 251 Å². The Kier molecular flexibility index (Phi) is 5.33. The minimum atomic E-state index is 0. The van der Waals surface area contributed by atoms with Crippen molar-refractivity contribution in [1.29, 1.82) is 0 Å². The first-order chi connectivity index (χ1) is 20.2.